The van der Waals surface area contributed by atoms with Crippen LogP contribution in [0.4, 0.5) is 0 Å². The quantitative estimate of drug-likeness (QED) is 0.0455. The minimum absolute atomic E-state index is 0.0422. The summed E-state index contributed by atoms with van der Waals surface area (Å²) in [4.78, 5) is 73.4. The van der Waals surface area contributed by atoms with Crippen LogP contribution < -0.4 is 4.74 Å². The van der Waals surface area contributed by atoms with Crippen LogP contribution in [-0.4, -0.2) is 325 Å². The van der Waals surface area contributed by atoms with E-state index >= 15 is 9.59 Å². The third kappa shape index (κ3) is 15.4. The molecule has 38 heteroatoms. The normalized spacial score (nSPS) is 45.9. The molecule has 8 fully saturated rings. The van der Waals surface area contributed by atoms with E-state index in [9.17, 15) is 76.1 Å². The number of carbonyl (C=O) groups excluding carboxylic acids is 3. The minimum Gasteiger partial charge on any atom is -0.507 e. The van der Waals surface area contributed by atoms with Crippen LogP contribution in [0.3, 0.4) is 0 Å². The zero-order chi connectivity index (χ0) is 82.4. The molecule has 0 saturated carbocycles. The Kier molecular flexibility index (Phi) is 24.1. The van der Waals surface area contributed by atoms with Crippen LogP contribution in [0.1, 0.15) is 188 Å². The molecule has 9 aliphatic heterocycles. The Morgan fingerprint density at radius 1 is 0.522 bits per heavy atom. The van der Waals surface area contributed by atoms with Gasteiger partial charge in [0.15, 0.2) is 62.0 Å². The standard InChI is InChI=1S/C75H108N4O34/c1-27-57(85)39(81)20-46(98-27)109-67-32(6)103-49(25-72(67,8)78(93)94)107-64-30(4)101-45(22-41(64)83)106-63-29(3)100-44(19-37(63)76(12)13)105-43-24-74(10,92)55(70(91)97-16)34-17-35-52(60(88)51(34)43)61(89)53-38(80)18-36-66(54(53)59(35)87)112-71-62(90)56(77(14)15)69(75(36,11)113-71)111-48-23-42(84)65(31(5)102-48)108-50-26-73(9,79(95)96)68(33(7)104-50)110-47-21-40(82)58(86)28(2)99-47/h17-18,27-33,37,39-50,55-58,62-65,67-69,71,80-86,88,90,92H,19-26H2,1-16H3/t27-,28-,29-,30+,31+,32-,33-,37-,39-,40-,41-,42-,43-,44-,45+,46-,47-,48+,49+,50+,55-,56-,57+,58+,62-,63+,64+,65+,67+,68+,69-,71+,72+,73-,74-,75+/m0/s1. The van der Waals surface area contributed by atoms with E-state index in [1.165, 1.54) is 33.8 Å². The van der Waals surface area contributed by atoms with Crippen LogP contribution >= 0.6 is 0 Å². The van der Waals surface area contributed by atoms with Crippen molar-refractivity contribution in [3.8, 4) is 17.2 Å². The molecule has 36 atom stereocenters. The van der Waals surface area contributed by atoms with E-state index in [0.29, 0.717) is 0 Å². The molecule has 113 heavy (non-hydrogen) atoms. The van der Waals surface area contributed by atoms with Crippen molar-refractivity contribution in [1.82, 2.24) is 9.80 Å². The molecule has 8 saturated heterocycles. The predicted octanol–water partition coefficient (Wildman–Crippen LogP) is 1.02. The van der Waals surface area contributed by atoms with Crippen molar-refractivity contribution in [2.75, 3.05) is 35.3 Å². The first-order valence-electron chi connectivity index (χ1n) is 38.5. The van der Waals surface area contributed by atoms with Gasteiger partial charge in [-0.25, -0.2) is 0 Å². The number of rotatable bonds is 19. The predicted molar refractivity (Wildman–Crippen MR) is 379 cm³/mol. The van der Waals surface area contributed by atoms with Gasteiger partial charge in [-0.1, -0.05) is 0 Å². The van der Waals surface area contributed by atoms with Crippen molar-refractivity contribution in [3.05, 3.63) is 71.3 Å². The van der Waals surface area contributed by atoms with Crippen molar-refractivity contribution in [2.45, 2.75) is 346 Å². The van der Waals surface area contributed by atoms with Crippen LogP contribution in [-0.2, 0) is 86.2 Å². The third-order valence-corrected chi connectivity index (χ3v) is 24.9. The SMILES string of the molecule is COC(=O)[C@@H]1c2cc3c(c(O)c2[C@@H](O[C@H]2C[C@H](N(C)C)[C@H](O[C@@H]4C[C@H](O)[C@H](O[C@@H]5C[C@@](C)([N+](=O)[O-])[C@H](O[C@H]6C[C@H](O)[C@H](O)[C@H](C)O6)[C@H](C)O5)[C@@H](C)O4)[C@H](C)O2)C[C@]1(C)O)C(=O)c1c(O)cc2c(c1C3=O)O[C@@H]1O[C@@]2(C)[C@@H](O[C@@H]2C[C@H](O)[C@H](O[C@@H]3C[C@](C)([N+](=O)[O-])[C@H](O[C@H]4C[C@H](O)[C@H](O)[C@H](C)O4)[C@H](C)O3)[C@@H](C)O2)[C@@H](N(C)C)[C@@H]1O. The fraction of sp³-hybridized carbons (Fsp3) is 0.800. The Labute approximate surface area is 651 Å². The summed E-state index contributed by atoms with van der Waals surface area (Å²) in [6.07, 6.45) is -35.1. The molecule has 0 amide bonds. The number of hydrogen-bond acceptors (Lipinski definition) is 36. The molecule has 2 aliphatic carbocycles. The Morgan fingerprint density at radius 3 is 1.42 bits per heavy atom. The number of phenolic OH excluding ortho intramolecular Hbond substituents is 2. The second kappa shape index (κ2) is 32.0. The van der Waals surface area contributed by atoms with Gasteiger partial charge in [-0.2, -0.15) is 0 Å². The van der Waals surface area contributed by atoms with Gasteiger partial charge in [0.05, 0.1) is 122 Å². The van der Waals surface area contributed by atoms with E-state index < -0.39 is 286 Å². The van der Waals surface area contributed by atoms with Gasteiger partial charge in [0.25, 0.3) is 11.1 Å². The van der Waals surface area contributed by atoms with E-state index in [1.54, 1.807) is 81.6 Å². The summed E-state index contributed by atoms with van der Waals surface area (Å²) in [6, 6.07) is 0.748. The fourth-order valence-electron chi connectivity index (χ4n) is 18.9. The van der Waals surface area contributed by atoms with Crippen molar-refractivity contribution in [1.29, 1.82) is 0 Å². The summed E-state index contributed by atoms with van der Waals surface area (Å²) in [5.74, 6) is -6.62. The van der Waals surface area contributed by atoms with Crippen LogP contribution in [0.15, 0.2) is 12.1 Å². The zero-order valence-electron chi connectivity index (χ0n) is 65.8. The fourth-order valence-corrected chi connectivity index (χ4v) is 18.9. The van der Waals surface area contributed by atoms with Crippen molar-refractivity contribution in [2.24, 2.45) is 0 Å². The number of ketones is 2. The van der Waals surface area contributed by atoms with Crippen molar-refractivity contribution in [3.63, 3.8) is 0 Å². The highest BCUT2D eigenvalue weighted by Gasteiger charge is 2.64. The first kappa shape index (κ1) is 85.3. The highest BCUT2D eigenvalue weighted by atomic mass is 16.8. The van der Waals surface area contributed by atoms with Gasteiger partial charge in [0, 0.05) is 85.0 Å². The summed E-state index contributed by atoms with van der Waals surface area (Å²) in [5.41, 5.74) is -10.1. The lowest BCUT2D eigenvalue weighted by molar-refractivity contribution is -0.599. The van der Waals surface area contributed by atoms with Crippen molar-refractivity contribution < 1.29 is 156 Å². The number of likely N-dealkylation sites (N-methyl/N-ethyl adjacent to an activating group) is 2. The summed E-state index contributed by atoms with van der Waals surface area (Å²) >= 11 is 0. The number of carbonyl (C=O) groups is 3. The second-order valence-corrected chi connectivity index (χ2v) is 33.6. The number of methoxy groups -OCH3 is 1. The number of hydrogen-bond donors (Lipinski definition) is 10. The minimum atomic E-state index is -2.06. The van der Waals surface area contributed by atoms with E-state index in [4.69, 9.17) is 80.5 Å². The molecule has 10 N–H and O–H groups in total. The molecule has 9 heterocycles. The number of nitro groups is 2. The maximum Gasteiger partial charge on any atom is 0.316 e. The number of aliphatic hydroxyl groups excluding tert-OH is 7. The molecular weight excluding hydrogens is 1500 g/mol. The second-order valence-electron chi connectivity index (χ2n) is 33.6. The highest BCUT2D eigenvalue weighted by molar-refractivity contribution is 6.31. The summed E-state index contributed by atoms with van der Waals surface area (Å²) < 4.78 is 106. The van der Waals surface area contributed by atoms with Gasteiger partial charge in [0.2, 0.25) is 12.1 Å². The number of ether oxygens (including phenoxy) is 17. The number of fused-ring (bicyclic) bond motifs is 8. The molecule has 632 valence electrons. The van der Waals surface area contributed by atoms with Gasteiger partial charge in [0.1, 0.15) is 71.5 Å². The Balaban J connectivity index is 0.711. The molecule has 0 radical (unpaired) electrons. The Hall–Kier alpha value is -5.55. The lowest BCUT2D eigenvalue weighted by atomic mass is 9.68. The number of aliphatic hydroxyl groups is 8. The maximum atomic E-state index is 15.7. The first-order chi connectivity index (χ1) is 52.9. The lowest BCUT2D eigenvalue weighted by Gasteiger charge is -2.56. The average Bonchev–Trinajstić information content (AvgIpc) is 0.687. The summed E-state index contributed by atoms with van der Waals surface area (Å²) in [6.45, 7) is 16.8. The smallest absolute Gasteiger partial charge is 0.316 e. The van der Waals surface area contributed by atoms with E-state index in [-0.39, 0.29) is 67.4 Å². The molecule has 2 bridgehead atoms. The number of aromatic hydroxyl groups is 2. The number of esters is 1. The van der Waals surface area contributed by atoms with Crippen LogP contribution in [0.5, 0.6) is 17.2 Å². The monoisotopic (exact) mass is 1610 g/mol. The molecule has 0 spiro atoms. The topological polar surface area (TPSA) is 503 Å². The molecule has 38 nitrogen and oxygen atoms in total. The molecular formula is C75H108N4O34. The number of benzene rings is 2. The van der Waals surface area contributed by atoms with Gasteiger partial charge < -0.3 is 141 Å². The third-order valence-electron chi connectivity index (χ3n) is 24.9. The van der Waals surface area contributed by atoms with E-state index in [2.05, 4.69) is 0 Å². The number of nitrogens with zero attached hydrogens (tertiary/aromatic N) is 4. The largest absolute Gasteiger partial charge is 0.507 e. The summed E-state index contributed by atoms with van der Waals surface area (Å²) in [7, 11) is 7.94. The van der Waals surface area contributed by atoms with E-state index in [1.807, 2.05) is 4.90 Å². The molecule has 13 rings (SSSR count). The number of phenols is 2. The zero-order valence-corrected chi connectivity index (χ0v) is 65.8. The average molecular weight is 1610 g/mol. The molecule has 2 aromatic rings. The Bertz CT molecular complexity index is 3850. The van der Waals surface area contributed by atoms with Crippen LogP contribution in [0.25, 0.3) is 0 Å². The van der Waals surface area contributed by atoms with Gasteiger partial charge in [-0.3, -0.25) is 34.6 Å². The molecule has 0 aromatic heterocycles. The van der Waals surface area contributed by atoms with Crippen LogP contribution in [0.2, 0.25) is 0 Å². The van der Waals surface area contributed by atoms with Gasteiger partial charge >= 0.3 is 5.97 Å². The molecule has 0 unspecified atom stereocenters. The molecule has 2 aromatic carbocycles. The lowest BCUT2D eigenvalue weighted by Crippen LogP contribution is -2.70. The highest BCUT2D eigenvalue weighted by Crippen LogP contribution is 2.58. The van der Waals surface area contributed by atoms with Crippen LogP contribution in [0, 0.1) is 20.2 Å². The van der Waals surface area contributed by atoms with Crippen molar-refractivity contribution >= 4 is 17.5 Å². The van der Waals surface area contributed by atoms with Gasteiger partial charge in [-0.15, -0.1) is 0 Å². The maximum absolute atomic E-state index is 15.7. The summed E-state index contributed by atoms with van der Waals surface area (Å²) in [5, 5.41) is 141. The Morgan fingerprint density at radius 2 is 0.965 bits per heavy atom. The molecule has 11 aliphatic rings. The van der Waals surface area contributed by atoms with Gasteiger partial charge in [-0.05, 0) is 108 Å². The van der Waals surface area contributed by atoms with E-state index in [0.717, 1.165) is 13.2 Å². The first-order valence-corrected chi connectivity index (χ1v) is 38.5.